The maximum atomic E-state index is 5.60. The molecule has 0 spiro atoms. The van der Waals surface area contributed by atoms with Crippen molar-refractivity contribution in [3.8, 4) is 0 Å². The molecule has 0 unspecified atom stereocenters. The lowest BCUT2D eigenvalue weighted by Gasteiger charge is -2.07. The standard InChI is InChI=1S/C7H12N4/c1-11-7-3-5(9)4(8)2-6(7)10/h2-3,11H,8-10H2,1H3. The van der Waals surface area contributed by atoms with Crippen molar-refractivity contribution >= 4 is 22.7 Å². The number of nitrogen functional groups attached to an aromatic ring is 3. The first-order valence-electron chi connectivity index (χ1n) is 3.27. The maximum absolute atomic E-state index is 5.60. The van der Waals surface area contributed by atoms with Gasteiger partial charge >= 0.3 is 0 Å². The molecule has 0 amide bonds. The summed E-state index contributed by atoms with van der Waals surface area (Å²) < 4.78 is 0. The second-order valence-electron chi connectivity index (χ2n) is 2.32. The molecule has 60 valence electrons. The zero-order chi connectivity index (χ0) is 8.43. The van der Waals surface area contributed by atoms with E-state index in [1.807, 2.05) is 0 Å². The van der Waals surface area contributed by atoms with E-state index >= 15 is 0 Å². The third-order valence-corrected chi connectivity index (χ3v) is 1.52. The Kier molecular flexibility index (Phi) is 1.76. The van der Waals surface area contributed by atoms with Crippen LogP contribution >= 0.6 is 0 Å². The summed E-state index contributed by atoms with van der Waals surface area (Å²) in [6.07, 6.45) is 0. The van der Waals surface area contributed by atoms with Crippen molar-refractivity contribution in [2.45, 2.75) is 0 Å². The molecule has 4 heteroatoms. The predicted octanol–water partition coefficient (Wildman–Crippen LogP) is 0.475. The quantitative estimate of drug-likeness (QED) is 0.440. The summed E-state index contributed by atoms with van der Waals surface area (Å²) in [5, 5.41) is 2.90. The predicted molar refractivity (Wildman–Crippen MR) is 49.2 cm³/mol. The molecule has 0 saturated heterocycles. The van der Waals surface area contributed by atoms with Gasteiger partial charge in [0.2, 0.25) is 0 Å². The largest absolute Gasteiger partial charge is 0.397 e. The average molecular weight is 152 g/mol. The second kappa shape index (κ2) is 2.57. The lowest BCUT2D eigenvalue weighted by molar-refractivity contribution is 1.51. The SMILES string of the molecule is CNc1cc(N)c(N)cc1N. The highest BCUT2D eigenvalue weighted by Gasteiger charge is 2.00. The van der Waals surface area contributed by atoms with Gasteiger partial charge in [0.05, 0.1) is 22.7 Å². The number of anilines is 4. The number of rotatable bonds is 1. The van der Waals surface area contributed by atoms with Crippen molar-refractivity contribution in [1.82, 2.24) is 0 Å². The van der Waals surface area contributed by atoms with Crippen molar-refractivity contribution in [1.29, 1.82) is 0 Å². The summed E-state index contributed by atoms with van der Waals surface area (Å²) in [5.74, 6) is 0. The Bertz CT molecular complexity index is 269. The van der Waals surface area contributed by atoms with Crippen LogP contribution in [0.3, 0.4) is 0 Å². The van der Waals surface area contributed by atoms with E-state index in [1.54, 1.807) is 19.2 Å². The second-order valence-corrected chi connectivity index (χ2v) is 2.32. The molecule has 0 aliphatic heterocycles. The third kappa shape index (κ3) is 1.29. The fraction of sp³-hybridized carbons (Fsp3) is 0.143. The molecular weight excluding hydrogens is 140 g/mol. The normalized spacial score (nSPS) is 9.55. The Balaban J connectivity index is 3.21. The van der Waals surface area contributed by atoms with Crippen LogP contribution in [0.1, 0.15) is 0 Å². The van der Waals surface area contributed by atoms with E-state index < -0.39 is 0 Å². The van der Waals surface area contributed by atoms with Gasteiger partial charge in [0, 0.05) is 7.05 Å². The number of nitrogens with two attached hydrogens (primary N) is 3. The first-order valence-corrected chi connectivity index (χ1v) is 3.27. The van der Waals surface area contributed by atoms with Gasteiger partial charge in [0.1, 0.15) is 0 Å². The maximum Gasteiger partial charge on any atom is 0.0593 e. The third-order valence-electron chi connectivity index (χ3n) is 1.52. The molecule has 1 aromatic rings. The van der Waals surface area contributed by atoms with Crippen molar-refractivity contribution < 1.29 is 0 Å². The molecule has 0 fully saturated rings. The van der Waals surface area contributed by atoms with Crippen LogP contribution in [0.4, 0.5) is 22.7 Å². The average Bonchev–Trinajstić information content (AvgIpc) is 1.97. The Morgan fingerprint density at radius 2 is 1.55 bits per heavy atom. The highest BCUT2D eigenvalue weighted by Crippen LogP contribution is 2.26. The van der Waals surface area contributed by atoms with Crippen LogP contribution in [-0.4, -0.2) is 7.05 Å². The monoisotopic (exact) mass is 152 g/mol. The molecule has 1 aromatic carbocycles. The zero-order valence-electron chi connectivity index (χ0n) is 6.39. The first kappa shape index (κ1) is 7.53. The summed E-state index contributed by atoms with van der Waals surface area (Å²) in [6, 6.07) is 3.35. The fourth-order valence-corrected chi connectivity index (χ4v) is 0.867. The molecule has 0 aliphatic carbocycles. The van der Waals surface area contributed by atoms with Crippen LogP contribution in [0, 0.1) is 0 Å². The lowest BCUT2D eigenvalue weighted by atomic mass is 10.2. The molecule has 0 heterocycles. The van der Waals surface area contributed by atoms with Gasteiger partial charge in [-0.15, -0.1) is 0 Å². The topological polar surface area (TPSA) is 90.1 Å². The van der Waals surface area contributed by atoms with E-state index in [2.05, 4.69) is 5.32 Å². The number of hydrogen-bond donors (Lipinski definition) is 4. The molecule has 0 atom stereocenters. The van der Waals surface area contributed by atoms with E-state index in [-0.39, 0.29) is 0 Å². The minimum Gasteiger partial charge on any atom is -0.397 e. The van der Waals surface area contributed by atoms with Gasteiger partial charge < -0.3 is 22.5 Å². The van der Waals surface area contributed by atoms with Gasteiger partial charge in [-0.05, 0) is 12.1 Å². The van der Waals surface area contributed by atoms with Gasteiger partial charge in [-0.1, -0.05) is 0 Å². The van der Waals surface area contributed by atoms with Gasteiger partial charge in [-0.2, -0.15) is 0 Å². The van der Waals surface area contributed by atoms with Gasteiger partial charge in [-0.25, -0.2) is 0 Å². The van der Waals surface area contributed by atoms with E-state index in [0.29, 0.717) is 17.1 Å². The van der Waals surface area contributed by atoms with Crippen molar-refractivity contribution in [3.05, 3.63) is 12.1 Å². The molecule has 0 aromatic heterocycles. The van der Waals surface area contributed by atoms with Crippen LogP contribution in [0.5, 0.6) is 0 Å². The van der Waals surface area contributed by atoms with Crippen LogP contribution in [0.2, 0.25) is 0 Å². The van der Waals surface area contributed by atoms with Gasteiger partial charge in [-0.3, -0.25) is 0 Å². The molecule has 1 rings (SSSR count). The number of hydrogen-bond acceptors (Lipinski definition) is 4. The summed E-state index contributed by atoms with van der Waals surface area (Å²) >= 11 is 0. The van der Waals surface area contributed by atoms with E-state index in [0.717, 1.165) is 5.69 Å². The Morgan fingerprint density at radius 1 is 1.00 bits per heavy atom. The highest BCUT2D eigenvalue weighted by molar-refractivity contribution is 5.79. The summed E-state index contributed by atoms with van der Waals surface area (Å²) in [4.78, 5) is 0. The molecule has 0 radical (unpaired) electrons. The summed E-state index contributed by atoms with van der Waals surface area (Å²) in [5.41, 5.74) is 19.1. The minimum atomic E-state index is 0.515. The zero-order valence-corrected chi connectivity index (χ0v) is 6.39. The van der Waals surface area contributed by atoms with Gasteiger partial charge in [0.15, 0.2) is 0 Å². The van der Waals surface area contributed by atoms with Crippen molar-refractivity contribution in [2.75, 3.05) is 29.6 Å². The van der Waals surface area contributed by atoms with Crippen molar-refractivity contribution in [3.63, 3.8) is 0 Å². The number of nitrogens with one attached hydrogen (secondary N) is 1. The van der Waals surface area contributed by atoms with E-state index in [9.17, 15) is 0 Å². The molecular formula is C7H12N4. The molecule has 11 heavy (non-hydrogen) atoms. The molecule has 4 nitrogen and oxygen atoms in total. The Hall–Kier alpha value is -1.58. The van der Waals surface area contributed by atoms with Gasteiger partial charge in [0.25, 0.3) is 0 Å². The molecule has 7 N–H and O–H groups in total. The van der Waals surface area contributed by atoms with E-state index in [4.69, 9.17) is 17.2 Å². The van der Waals surface area contributed by atoms with Crippen LogP contribution in [-0.2, 0) is 0 Å². The summed E-state index contributed by atoms with van der Waals surface area (Å²) in [6.45, 7) is 0. The highest BCUT2D eigenvalue weighted by atomic mass is 14.9. The molecule has 0 bridgehead atoms. The molecule has 0 aliphatic rings. The Labute approximate surface area is 65.4 Å². The smallest absolute Gasteiger partial charge is 0.0593 e. The van der Waals surface area contributed by atoms with Crippen LogP contribution in [0.25, 0.3) is 0 Å². The molecule has 0 saturated carbocycles. The number of benzene rings is 1. The fourth-order valence-electron chi connectivity index (χ4n) is 0.867. The van der Waals surface area contributed by atoms with E-state index in [1.165, 1.54) is 0 Å². The van der Waals surface area contributed by atoms with Crippen LogP contribution < -0.4 is 22.5 Å². The van der Waals surface area contributed by atoms with Crippen molar-refractivity contribution in [2.24, 2.45) is 0 Å². The lowest BCUT2D eigenvalue weighted by Crippen LogP contribution is -2.00. The van der Waals surface area contributed by atoms with Crippen LogP contribution in [0.15, 0.2) is 12.1 Å². The summed E-state index contributed by atoms with van der Waals surface area (Å²) in [7, 11) is 1.78. The Morgan fingerprint density at radius 3 is 2.09 bits per heavy atom. The first-order chi connectivity index (χ1) is 5.15. The minimum absolute atomic E-state index is 0.515.